The highest BCUT2D eigenvalue weighted by Crippen LogP contribution is 2.37. The average molecular weight is 279 g/mol. The number of carbonyl (C=O) groups is 1. The highest BCUT2D eigenvalue weighted by Gasteiger charge is 2.18. The van der Waals surface area contributed by atoms with E-state index in [4.69, 9.17) is 15.2 Å². The monoisotopic (exact) mass is 279 g/mol. The lowest BCUT2D eigenvalue weighted by Crippen LogP contribution is -2.00. The fourth-order valence-corrected chi connectivity index (χ4v) is 2.62. The molecule has 100 valence electrons. The molecule has 0 bridgehead atoms. The number of hydrogen-bond acceptors (Lipinski definition) is 5. The third-order valence-corrected chi connectivity index (χ3v) is 3.54. The van der Waals surface area contributed by atoms with Gasteiger partial charge in [-0.15, -0.1) is 11.3 Å². The largest absolute Gasteiger partial charge is 0.493 e. The molecule has 6 heteroatoms. The Morgan fingerprint density at radius 3 is 2.53 bits per heavy atom. The van der Waals surface area contributed by atoms with E-state index in [1.807, 2.05) is 0 Å². The average Bonchev–Trinajstić information content (AvgIpc) is 2.79. The quantitative estimate of drug-likeness (QED) is 0.899. The van der Waals surface area contributed by atoms with E-state index in [0.29, 0.717) is 17.1 Å². The van der Waals surface area contributed by atoms with Crippen LogP contribution in [0.3, 0.4) is 0 Å². The maximum Gasteiger partial charge on any atom is 0.339 e. The van der Waals surface area contributed by atoms with Crippen LogP contribution in [0.5, 0.6) is 11.5 Å². The van der Waals surface area contributed by atoms with Crippen LogP contribution in [0.4, 0.5) is 5.00 Å². The highest BCUT2D eigenvalue weighted by atomic mass is 32.1. The van der Waals surface area contributed by atoms with E-state index in [-0.39, 0.29) is 10.6 Å². The van der Waals surface area contributed by atoms with Crippen LogP contribution in [-0.2, 0) is 0 Å². The molecule has 0 fully saturated rings. The maximum absolute atomic E-state index is 11.2. The number of nitrogens with two attached hydrogens (primary N) is 1. The van der Waals surface area contributed by atoms with Gasteiger partial charge in [-0.05, 0) is 17.7 Å². The summed E-state index contributed by atoms with van der Waals surface area (Å²) in [4.78, 5) is 11.2. The number of benzene rings is 1. The van der Waals surface area contributed by atoms with E-state index in [0.717, 1.165) is 5.56 Å². The van der Waals surface area contributed by atoms with Gasteiger partial charge in [-0.3, -0.25) is 0 Å². The SMILES string of the molecule is COc1ccc(-c2csc(N)c2C(=O)O)cc1OC. The number of thiophene rings is 1. The maximum atomic E-state index is 11.2. The van der Waals surface area contributed by atoms with E-state index >= 15 is 0 Å². The molecular weight excluding hydrogens is 266 g/mol. The van der Waals surface area contributed by atoms with Crippen molar-refractivity contribution in [3.8, 4) is 22.6 Å². The van der Waals surface area contributed by atoms with Crippen LogP contribution < -0.4 is 15.2 Å². The number of carboxylic acids is 1. The van der Waals surface area contributed by atoms with Crippen LogP contribution in [0, 0.1) is 0 Å². The Kier molecular flexibility index (Phi) is 3.62. The van der Waals surface area contributed by atoms with Crippen LogP contribution in [-0.4, -0.2) is 25.3 Å². The van der Waals surface area contributed by atoms with Crippen molar-refractivity contribution in [2.75, 3.05) is 20.0 Å². The van der Waals surface area contributed by atoms with Gasteiger partial charge in [-0.2, -0.15) is 0 Å². The summed E-state index contributed by atoms with van der Waals surface area (Å²) in [6.07, 6.45) is 0. The second kappa shape index (κ2) is 5.19. The first-order valence-electron chi connectivity index (χ1n) is 5.41. The van der Waals surface area contributed by atoms with Gasteiger partial charge in [0.2, 0.25) is 0 Å². The van der Waals surface area contributed by atoms with Gasteiger partial charge in [0.1, 0.15) is 10.6 Å². The number of anilines is 1. The lowest BCUT2D eigenvalue weighted by molar-refractivity contribution is 0.0699. The molecule has 1 aromatic carbocycles. The third kappa shape index (κ3) is 2.34. The Labute approximate surface area is 114 Å². The topological polar surface area (TPSA) is 81.8 Å². The summed E-state index contributed by atoms with van der Waals surface area (Å²) in [6.45, 7) is 0. The van der Waals surface area contributed by atoms with Crippen molar-refractivity contribution < 1.29 is 19.4 Å². The number of rotatable bonds is 4. The van der Waals surface area contributed by atoms with Crippen LogP contribution in [0.15, 0.2) is 23.6 Å². The zero-order chi connectivity index (χ0) is 14.0. The summed E-state index contributed by atoms with van der Waals surface area (Å²) in [5.41, 5.74) is 7.12. The summed E-state index contributed by atoms with van der Waals surface area (Å²) in [5, 5.41) is 11.2. The molecule has 5 nitrogen and oxygen atoms in total. The Hall–Kier alpha value is -2.21. The molecule has 0 saturated heterocycles. The Morgan fingerprint density at radius 2 is 1.95 bits per heavy atom. The molecule has 0 aliphatic heterocycles. The zero-order valence-electron chi connectivity index (χ0n) is 10.5. The molecule has 0 radical (unpaired) electrons. The lowest BCUT2D eigenvalue weighted by Gasteiger charge is -2.09. The molecule has 0 aliphatic rings. The number of carboxylic acid groups (broad SMARTS) is 1. The van der Waals surface area contributed by atoms with Gasteiger partial charge in [0.05, 0.1) is 14.2 Å². The smallest absolute Gasteiger partial charge is 0.339 e. The number of nitrogen functional groups attached to an aromatic ring is 1. The van der Waals surface area contributed by atoms with Crippen molar-refractivity contribution in [1.82, 2.24) is 0 Å². The van der Waals surface area contributed by atoms with E-state index in [9.17, 15) is 9.90 Å². The Morgan fingerprint density at radius 1 is 1.26 bits per heavy atom. The molecule has 3 N–H and O–H groups in total. The van der Waals surface area contributed by atoms with Crippen LogP contribution >= 0.6 is 11.3 Å². The summed E-state index contributed by atoms with van der Waals surface area (Å²) in [5.74, 6) is 0.0935. The third-order valence-electron chi connectivity index (χ3n) is 2.73. The highest BCUT2D eigenvalue weighted by molar-refractivity contribution is 7.14. The van der Waals surface area contributed by atoms with Crippen molar-refractivity contribution >= 4 is 22.3 Å². The van der Waals surface area contributed by atoms with E-state index < -0.39 is 5.97 Å². The number of hydrogen-bond donors (Lipinski definition) is 2. The van der Waals surface area contributed by atoms with Gasteiger partial charge < -0.3 is 20.3 Å². The Bertz CT molecular complexity index is 621. The summed E-state index contributed by atoms with van der Waals surface area (Å²) >= 11 is 1.20. The van der Waals surface area contributed by atoms with Gasteiger partial charge in [0, 0.05) is 10.9 Å². The fraction of sp³-hybridized carbons (Fsp3) is 0.154. The molecule has 0 spiro atoms. The minimum Gasteiger partial charge on any atom is -0.493 e. The number of methoxy groups -OCH3 is 2. The van der Waals surface area contributed by atoms with Crippen molar-refractivity contribution in [3.05, 3.63) is 29.1 Å². The minimum atomic E-state index is -1.04. The van der Waals surface area contributed by atoms with E-state index in [2.05, 4.69) is 0 Å². The van der Waals surface area contributed by atoms with Gasteiger partial charge in [-0.1, -0.05) is 6.07 Å². The molecule has 0 unspecified atom stereocenters. The molecule has 1 aromatic heterocycles. The first kappa shape index (κ1) is 13.2. The summed E-state index contributed by atoms with van der Waals surface area (Å²) in [6, 6.07) is 5.23. The van der Waals surface area contributed by atoms with Crippen molar-refractivity contribution in [3.63, 3.8) is 0 Å². The number of aromatic carboxylic acids is 1. The van der Waals surface area contributed by atoms with Gasteiger partial charge in [0.15, 0.2) is 11.5 Å². The molecule has 2 rings (SSSR count). The van der Waals surface area contributed by atoms with E-state index in [1.54, 1.807) is 30.7 Å². The molecular formula is C13H13NO4S. The fourth-order valence-electron chi connectivity index (χ4n) is 1.81. The van der Waals surface area contributed by atoms with Crippen LogP contribution in [0.1, 0.15) is 10.4 Å². The van der Waals surface area contributed by atoms with Gasteiger partial charge in [0.25, 0.3) is 0 Å². The van der Waals surface area contributed by atoms with Crippen LogP contribution in [0.25, 0.3) is 11.1 Å². The molecule has 2 aromatic rings. The summed E-state index contributed by atoms with van der Waals surface area (Å²) < 4.78 is 10.4. The van der Waals surface area contributed by atoms with Crippen molar-refractivity contribution in [2.45, 2.75) is 0 Å². The van der Waals surface area contributed by atoms with Crippen molar-refractivity contribution in [1.29, 1.82) is 0 Å². The molecule has 0 atom stereocenters. The van der Waals surface area contributed by atoms with Gasteiger partial charge in [-0.25, -0.2) is 4.79 Å². The Balaban J connectivity index is 2.57. The summed E-state index contributed by atoms with van der Waals surface area (Å²) in [7, 11) is 3.07. The molecule has 1 heterocycles. The predicted octanol–water partition coefficient (Wildman–Crippen LogP) is 2.71. The van der Waals surface area contributed by atoms with Crippen molar-refractivity contribution in [2.24, 2.45) is 0 Å². The first-order chi connectivity index (χ1) is 9.08. The molecule has 0 amide bonds. The second-order valence-corrected chi connectivity index (χ2v) is 4.67. The minimum absolute atomic E-state index is 0.122. The van der Waals surface area contributed by atoms with E-state index in [1.165, 1.54) is 18.4 Å². The standard InChI is InChI=1S/C13H13NO4S/c1-17-9-4-3-7(5-10(9)18-2)8-6-19-12(14)11(8)13(15)16/h3-6H,14H2,1-2H3,(H,15,16). The lowest BCUT2D eigenvalue weighted by atomic mass is 10.0. The zero-order valence-corrected chi connectivity index (χ0v) is 11.3. The molecule has 19 heavy (non-hydrogen) atoms. The normalized spacial score (nSPS) is 10.2. The predicted molar refractivity (Wildman–Crippen MR) is 74.2 cm³/mol. The van der Waals surface area contributed by atoms with Gasteiger partial charge >= 0.3 is 5.97 Å². The van der Waals surface area contributed by atoms with Crippen LogP contribution in [0.2, 0.25) is 0 Å². The number of ether oxygens (including phenoxy) is 2. The second-order valence-electron chi connectivity index (χ2n) is 3.76. The molecule has 0 saturated carbocycles. The first-order valence-corrected chi connectivity index (χ1v) is 6.29. The molecule has 0 aliphatic carbocycles.